The summed E-state index contributed by atoms with van der Waals surface area (Å²) in [7, 11) is 1.58. The number of hydrogen-bond donors (Lipinski definition) is 1. The lowest BCUT2D eigenvalue weighted by molar-refractivity contribution is -0.120. The molecule has 0 atom stereocenters. The number of thioether (sulfide) groups is 1. The Kier molecular flexibility index (Phi) is 6.46. The summed E-state index contributed by atoms with van der Waals surface area (Å²) in [5, 5.41) is 4.18. The first kappa shape index (κ1) is 22.3. The number of aryl methyl sites for hydroxylation is 1. The number of hydrogen-bond acceptors (Lipinski definition) is 5. The number of amides is 2. The predicted molar refractivity (Wildman–Crippen MR) is 130 cm³/mol. The summed E-state index contributed by atoms with van der Waals surface area (Å²) in [4.78, 5) is 29.0. The van der Waals surface area contributed by atoms with Crippen LogP contribution < -0.4 is 15.0 Å². The molecule has 0 spiro atoms. The van der Waals surface area contributed by atoms with Gasteiger partial charge in [0.1, 0.15) is 16.4 Å². The molecule has 8 heteroatoms. The standard InChI is InChI=1S/C24H18Cl2N2O3S/c1-14-3-8-17(13-20(14)26)28-23(29)21(27-16-6-9-18(31-2)10-7-16)22(24(28)30)32-19-11-4-15(25)5-12-19/h3-13,27H,1-2H3. The van der Waals surface area contributed by atoms with Crippen molar-refractivity contribution < 1.29 is 14.3 Å². The van der Waals surface area contributed by atoms with Crippen molar-refractivity contribution in [3.05, 3.63) is 92.9 Å². The highest BCUT2D eigenvalue weighted by Crippen LogP contribution is 2.39. The van der Waals surface area contributed by atoms with Crippen molar-refractivity contribution in [1.82, 2.24) is 0 Å². The third-order valence-electron chi connectivity index (χ3n) is 4.85. The molecule has 0 radical (unpaired) electrons. The van der Waals surface area contributed by atoms with Gasteiger partial charge >= 0.3 is 0 Å². The first-order chi connectivity index (χ1) is 15.4. The number of carbonyl (C=O) groups is 2. The van der Waals surface area contributed by atoms with E-state index < -0.39 is 11.8 Å². The largest absolute Gasteiger partial charge is 0.497 e. The Hall–Kier alpha value is -2.93. The number of carbonyl (C=O) groups excluding carboxylic acids is 2. The predicted octanol–water partition coefficient (Wildman–Crippen LogP) is 6.30. The van der Waals surface area contributed by atoms with Crippen LogP contribution in [0, 0.1) is 6.92 Å². The van der Waals surface area contributed by atoms with E-state index in [1.54, 1.807) is 73.8 Å². The van der Waals surface area contributed by atoms with Gasteiger partial charge in [0.25, 0.3) is 11.8 Å². The molecule has 1 aliphatic rings. The van der Waals surface area contributed by atoms with Gasteiger partial charge in [-0.1, -0.05) is 41.0 Å². The highest BCUT2D eigenvalue weighted by molar-refractivity contribution is 8.04. The molecule has 0 fully saturated rings. The average Bonchev–Trinajstić information content (AvgIpc) is 3.01. The Labute approximate surface area is 200 Å². The van der Waals surface area contributed by atoms with E-state index >= 15 is 0 Å². The van der Waals surface area contributed by atoms with Gasteiger partial charge in [0.2, 0.25) is 0 Å². The quantitative estimate of drug-likeness (QED) is 0.416. The van der Waals surface area contributed by atoms with E-state index in [4.69, 9.17) is 27.9 Å². The summed E-state index contributed by atoms with van der Waals surface area (Å²) in [6.07, 6.45) is 0. The fraction of sp³-hybridized carbons (Fsp3) is 0.0833. The summed E-state index contributed by atoms with van der Waals surface area (Å²) < 4.78 is 5.19. The molecule has 2 amide bonds. The Balaban J connectivity index is 1.73. The molecule has 0 bridgehead atoms. The van der Waals surface area contributed by atoms with E-state index in [2.05, 4.69) is 5.32 Å². The van der Waals surface area contributed by atoms with Gasteiger partial charge in [0, 0.05) is 20.6 Å². The summed E-state index contributed by atoms with van der Waals surface area (Å²) in [6.45, 7) is 1.86. The van der Waals surface area contributed by atoms with Crippen molar-refractivity contribution in [3.8, 4) is 5.75 Å². The van der Waals surface area contributed by atoms with Gasteiger partial charge in [-0.2, -0.15) is 0 Å². The van der Waals surface area contributed by atoms with E-state index in [-0.39, 0.29) is 10.6 Å². The minimum atomic E-state index is -0.456. The first-order valence-corrected chi connectivity index (χ1v) is 11.2. The van der Waals surface area contributed by atoms with Crippen molar-refractivity contribution in [2.45, 2.75) is 11.8 Å². The molecule has 32 heavy (non-hydrogen) atoms. The molecular weight excluding hydrogens is 467 g/mol. The Morgan fingerprint density at radius 2 is 1.59 bits per heavy atom. The van der Waals surface area contributed by atoms with E-state index in [0.717, 1.165) is 15.4 Å². The highest BCUT2D eigenvalue weighted by Gasteiger charge is 2.40. The zero-order valence-electron chi connectivity index (χ0n) is 17.2. The SMILES string of the molecule is COc1ccc(NC2=C(Sc3ccc(Cl)cc3)C(=O)N(c3ccc(C)c(Cl)c3)C2=O)cc1. The molecule has 4 rings (SSSR count). The second kappa shape index (κ2) is 9.28. The topological polar surface area (TPSA) is 58.6 Å². The van der Waals surface area contributed by atoms with Crippen LogP contribution in [-0.4, -0.2) is 18.9 Å². The molecule has 0 saturated carbocycles. The van der Waals surface area contributed by atoms with Crippen molar-refractivity contribution in [1.29, 1.82) is 0 Å². The third kappa shape index (κ3) is 4.48. The number of imide groups is 1. The lowest BCUT2D eigenvalue weighted by Crippen LogP contribution is -2.32. The molecule has 1 heterocycles. The van der Waals surface area contributed by atoms with Crippen LogP contribution in [0.25, 0.3) is 0 Å². The number of methoxy groups -OCH3 is 1. The number of benzene rings is 3. The molecule has 0 aliphatic carbocycles. The average molecular weight is 485 g/mol. The zero-order valence-corrected chi connectivity index (χ0v) is 19.5. The molecule has 5 nitrogen and oxygen atoms in total. The van der Waals surface area contributed by atoms with E-state index in [0.29, 0.717) is 27.2 Å². The normalized spacial score (nSPS) is 13.7. The van der Waals surface area contributed by atoms with Gasteiger partial charge in [0.15, 0.2) is 0 Å². The number of rotatable bonds is 6. The van der Waals surface area contributed by atoms with E-state index in [1.165, 1.54) is 11.8 Å². The second-order valence-electron chi connectivity index (χ2n) is 6.99. The zero-order chi connectivity index (χ0) is 22.8. The molecule has 0 aromatic heterocycles. The van der Waals surface area contributed by atoms with Crippen LogP contribution in [0.2, 0.25) is 10.0 Å². The summed E-state index contributed by atoms with van der Waals surface area (Å²) in [5.74, 6) is -0.196. The molecule has 1 N–H and O–H groups in total. The molecule has 0 saturated heterocycles. The van der Waals surface area contributed by atoms with Crippen molar-refractivity contribution in [2.75, 3.05) is 17.3 Å². The molecular formula is C24H18Cl2N2O3S. The van der Waals surface area contributed by atoms with Crippen LogP contribution in [-0.2, 0) is 9.59 Å². The van der Waals surface area contributed by atoms with Crippen molar-refractivity contribution in [3.63, 3.8) is 0 Å². The highest BCUT2D eigenvalue weighted by atomic mass is 35.5. The summed E-state index contributed by atoms with van der Waals surface area (Å²) in [5.41, 5.74) is 2.11. The Morgan fingerprint density at radius 1 is 0.906 bits per heavy atom. The van der Waals surface area contributed by atoms with Crippen LogP contribution in [0.15, 0.2) is 82.2 Å². The lowest BCUT2D eigenvalue weighted by atomic mass is 10.2. The number of nitrogens with zero attached hydrogens (tertiary/aromatic N) is 1. The maximum absolute atomic E-state index is 13.4. The van der Waals surface area contributed by atoms with Gasteiger partial charge in [-0.05, 0) is 73.2 Å². The number of anilines is 2. The Bertz CT molecular complexity index is 1220. The van der Waals surface area contributed by atoms with E-state index in [9.17, 15) is 9.59 Å². The summed E-state index contributed by atoms with van der Waals surface area (Å²) >= 11 is 13.4. The van der Waals surface area contributed by atoms with Crippen molar-refractivity contribution >= 4 is 58.2 Å². The fourth-order valence-electron chi connectivity index (χ4n) is 3.11. The van der Waals surface area contributed by atoms with Gasteiger partial charge in [0.05, 0.1) is 12.8 Å². The second-order valence-corrected chi connectivity index (χ2v) is 8.92. The minimum absolute atomic E-state index is 0.191. The fourth-order valence-corrected chi connectivity index (χ4v) is 4.34. The molecule has 3 aromatic rings. The minimum Gasteiger partial charge on any atom is -0.497 e. The van der Waals surface area contributed by atoms with Crippen LogP contribution in [0.5, 0.6) is 5.75 Å². The monoisotopic (exact) mass is 484 g/mol. The number of nitrogens with one attached hydrogen (secondary N) is 1. The smallest absolute Gasteiger partial charge is 0.283 e. The van der Waals surface area contributed by atoms with Gasteiger partial charge < -0.3 is 10.1 Å². The summed E-state index contributed by atoms with van der Waals surface area (Å²) in [6, 6.07) is 19.3. The lowest BCUT2D eigenvalue weighted by Gasteiger charge is -2.16. The maximum Gasteiger partial charge on any atom is 0.283 e. The van der Waals surface area contributed by atoms with Crippen LogP contribution >= 0.6 is 35.0 Å². The van der Waals surface area contributed by atoms with Crippen LogP contribution in [0.4, 0.5) is 11.4 Å². The van der Waals surface area contributed by atoms with E-state index in [1.807, 2.05) is 6.92 Å². The molecule has 162 valence electrons. The molecule has 0 unspecified atom stereocenters. The molecule has 3 aromatic carbocycles. The van der Waals surface area contributed by atoms with Crippen molar-refractivity contribution in [2.24, 2.45) is 0 Å². The van der Waals surface area contributed by atoms with Crippen LogP contribution in [0.1, 0.15) is 5.56 Å². The number of halogens is 2. The van der Waals surface area contributed by atoms with Crippen LogP contribution in [0.3, 0.4) is 0 Å². The first-order valence-electron chi connectivity index (χ1n) is 9.61. The third-order valence-corrected chi connectivity index (χ3v) is 6.60. The van der Waals surface area contributed by atoms with Gasteiger partial charge in [-0.3, -0.25) is 9.59 Å². The van der Waals surface area contributed by atoms with Gasteiger partial charge in [-0.15, -0.1) is 0 Å². The Morgan fingerprint density at radius 3 is 2.22 bits per heavy atom. The van der Waals surface area contributed by atoms with Gasteiger partial charge in [-0.25, -0.2) is 4.90 Å². The maximum atomic E-state index is 13.4. The number of ether oxygens (including phenoxy) is 1. The molecule has 1 aliphatic heterocycles.